The topological polar surface area (TPSA) is 20.3 Å². The Morgan fingerprint density at radius 2 is 1.76 bits per heavy atom. The third-order valence-electron chi connectivity index (χ3n) is 3.01. The van der Waals surface area contributed by atoms with Crippen molar-refractivity contribution in [2.75, 3.05) is 13.1 Å². The van der Waals surface area contributed by atoms with Crippen LogP contribution in [0.3, 0.4) is 0 Å². The van der Waals surface area contributed by atoms with Crippen LogP contribution in [0.25, 0.3) is 0 Å². The van der Waals surface area contributed by atoms with Gasteiger partial charge in [0.15, 0.2) is 0 Å². The highest BCUT2D eigenvalue weighted by atomic mass is 16.2. The van der Waals surface area contributed by atoms with Crippen LogP contribution in [0, 0.1) is 5.92 Å². The van der Waals surface area contributed by atoms with Crippen molar-refractivity contribution >= 4 is 5.91 Å². The fourth-order valence-corrected chi connectivity index (χ4v) is 1.76. The lowest BCUT2D eigenvalue weighted by Gasteiger charge is -2.18. The zero-order valence-corrected chi connectivity index (χ0v) is 11.2. The predicted octanol–water partition coefficient (Wildman–Crippen LogP) is 3.55. The minimum Gasteiger partial charge on any atom is -0.339 e. The lowest BCUT2D eigenvalue weighted by Crippen LogP contribution is -2.32. The molecule has 2 nitrogen and oxygen atoms in total. The van der Waals surface area contributed by atoms with Gasteiger partial charge in [0.2, 0.25) is 5.91 Å². The Bertz CT molecular complexity index is 277. The molecule has 0 atom stereocenters. The molecule has 1 amide bonds. The van der Waals surface area contributed by atoms with Crippen LogP contribution >= 0.6 is 0 Å². The van der Waals surface area contributed by atoms with E-state index in [1.807, 2.05) is 4.90 Å². The molecule has 1 fully saturated rings. The summed E-state index contributed by atoms with van der Waals surface area (Å²) in [6, 6.07) is 0. The molecule has 2 heteroatoms. The van der Waals surface area contributed by atoms with Gasteiger partial charge in [0.05, 0.1) is 0 Å². The first-order valence-electron chi connectivity index (χ1n) is 6.88. The standard InChI is InChI=1S/C15H25NO/c1-3-5-6-7-8-9-10-13-16(4-2)15(17)14-11-12-14/h5-6,9-10,14H,3-4,7-8,11-13H2,1-2H3. The number of nitrogens with zero attached hydrogens (tertiary/aromatic N) is 1. The maximum absolute atomic E-state index is 11.8. The minimum absolute atomic E-state index is 0.343. The molecule has 0 heterocycles. The van der Waals surface area contributed by atoms with E-state index in [4.69, 9.17) is 0 Å². The summed E-state index contributed by atoms with van der Waals surface area (Å²) in [6.45, 7) is 5.81. The number of carbonyl (C=O) groups is 1. The molecule has 1 rings (SSSR count). The summed E-state index contributed by atoms with van der Waals surface area (Å²) in [7, 11) is 0. The average Bonchev–Trinajstić information content (AvgIpc) is 3.16. The van der Waals surface area contributed by atoms with Gasteiger partial charge in [-0.1, -0.05) is 31.2 Å². The molecule has 0 aromatic heterocycles. The average molecular weight is 235 g/mol. The molecule has 1 saturated carbocycles. The Hall–Kier alpha value is -1.05. The highest BCUT2D eigenvalue weighted by Gasteiger charge is 2.32. The van der Waals surface area contributed by atoms with Crippen LogP contribution in [-0.2, 0) is 4.79 Å². The van der Waals surface area contributed by atoms with E-state index >= 15 is 0 Å². The smallest absolute Gasteiger partial charge is 0.225 e. The number of amides is 1. The quantitative estimate of drug-likeness (QED) is 0.465. The van der Waals surface area contributed by atoms with Gasteiger partial charge in [-0.05, 0) is 39.0 Å². The normalized spacial score (nSPS) is 15.9. The third kappa shape index (κ3) is 5.71. The largest absolute Gasteiger partial charge is 0.339 e. The summed E-state index contributed by atoms with van der Waals surface area (Å²) in [6.07, 6.45) is 14.2. The zero-order chi connectivity index (χ0) is 12.5. The van der Waals surface area contributed by atoms with Gasteiger partial charge in [-0.3, -0.25) is 4.79 Å². The molecule has 1 aliphatic rings. The van der Waals surface area contributed by atoms with Crippen LogP contribution in [0.1, 0.15) is 46.0 Å². The van der Waals surface area contributed by atoms with Crippen molar-refractivity contribution in [2.45, 2.75) is 46.0 Å². The minimum atomic E-state index is 0.343. The number of hydrogen-bond donors (Lipinski definition) is 0. The molecule has 0 aliphatic heterocycles. The van der Waals surface area contributed by atoms with Crippen molar-refractivity contribution in [3.63, 3.8) is 0 Å². The fraction of sp³-hybridized carbons (Fsp3) is 0.667. The monoisotopic (exact) mass is 235 g/mol. The summed E-state index contributed by atoms with van der Waals surface area (Å²) in [5.41, 5.74) is 0. The summed E-state index contributed by atoms with van der Waals surface area (Å²) in [5, 5.41) is 0. The zero-order valence-electron chi connectivity index (χ0n) is 11.2. The Labute approximate surface area is 105 Å². The summed E-state index contributed by atoms with van der Waals surface area (Å²) in [5.74, 6) is 0.693. The molecule has 17 heavy (non-hydrogen) atoms. The van der Waals surface area contributed by atoms with Gasteiger partial charge >= 0.3 is 0 Å². The van der Waals surface area contributed by atoms with Gasteiger partial charge in [0.25, 0.3) is 0 Å². The van der Waals surface area contributed by atoms with Gasteiger partial charge < -0.3 is 4.90 Å². The van der Waals surface area contributed by atoms with Crippen molar-refractivity contribution in [1.82, 2.24) is 4.90 Å². The van der Waals surface area contributed by atoms with Crippen LogP contribution in [0.15, 0.2) is 24.3 Å². The molecule has 0 aromatic rings. The van der Waals surface area contributed by atoms with Crippen molar-refractivity contribution in [2.24, 2.45) is 5.92 Å². The third-order valence-corrected chi connectivity index (χ3v) is 3.01. The summed E-state index contributed by atoms with van der Waals surface area (Å²) < 4.78 is 0. The molecule has 0 unspecified atom stereocenters. The number of rotatable bonds is 8. The molecule has 96 valence electrons. The number of allylic oxidation sites excluding steroid dienone is 3. The molecule has 1 aliphatic carbocycles. The van der Waals surface area contributed by atoms with E-state index in [2.05, 4.69) is 38.2 Å². The summed E-state index contributed by atoms with van der Waals surface area (Å²) >= 11 is 0. The number of likely N-dealkylation sites (N-methyl/N-ethyl adjacent to an activating group) is 1. The van der Waals surface area contributed by atoms with Gasteiger partial charge in [0, 0.05) is 19.0 Å². The number of hydrogen-bond acceptors (Lipinski definition) is 1. The van der Waals surface area contributed by atoms with Crippen molar-refractivity contribution in [3.05, 3.63) is 24.3 Å². The van der Waals surface area contributed by atoms with Gasteiger partial charge in [0.1, 0.15) is 0 Å². The molecule has 0 radical (unpaired) electrons. The Morgan fingerprint density at radius 1 is 1.12 bits per heavy atom. The maximum Gasteiger partial charge on any atom is 0.225 e. The molecule has 0 N–H and O–H groups in total. The number of unbranched alkanes of at least 4 members (excludes halogenated alkanes) is 1. The van der Waals surface area contributed by atoms with E-state index in [1.165, 1.54) is 0 Å². The molecule has 0 saturated heterocycles. The molecular weight excluding hydrogens is 210 g/mol. The van der Waals surface area contributed by atoms with Crippen LogP contribution in [0.4, 0.5) is 0 Å². The highest BCUT2D eigenvalue weighted by molar-refractivity contribution is 5.81. The van der Waals surface area contributed by atoms with E-state index in [-0.39, 0.29) is 0 Å². The van der Waals surface area contributed by atoms with Crippen LogP contribution in [-0.4, -0.2) is 23.9 Å². The van der Waals surface area contributed by atoms with E-state index in [9.17, 15) is 4.79 Å². The first kappa shape index (κ1) is 14.0. The lowest BCUT2D eigenvalue weighted by atomic mass is 10.2. The fourth-order valence-electron chi connectivity index (χ4n) is 1.76. The Balaban J connectivity index is 2.15. The Kier molecular flexibility index (Phi) is 6.68. The second-order valence-electron chi connectivity index (χ2n) is 4.58. The van der Waals surface area contributed by atoms with E-state index in [1.54, 1.807) is 0 Å². The SMILES string of the molecule is CCC=CCCC=CCN(CC)C(=O)C1CC1. The molecule has 0 spiro atoms. The predicted molar refractivity (Wildman–Crippen MR) is 72.8 cm³/mol. The summed E-state index contributed by atoms with van der Waals surface area (Å²) in [4.78, 5) is 13.8. The van der Waals surface area contributed by atoms with Crippen molar-refractivity contribution in [1.29, 1.82) is 0 Å². The van der Waals surface area contributed by atoms with Crippen molar-refractivity contribution in [3.8, 4) is 0 Å². The van der Waals surface area contributed by atoms with Gasteiger partial charge in [-0.2, -0.15) is 0 Å². The van der Waals surface area contributed by atoms with Crippen LogP contribution in [0.2, 0.25) is 0 Å². The van der Waals surface area contributed by atoms with Gasteiger partial charge in [-0.15, -0.1) is 0 Å². The van der Waals surface area contributed by atoms with E-state index in [0.717, 1.165) is 45.2 Å². The van der Waals surface area contributed by atoms with E-state index < -0.39 is 0 Å². The molecular formula is C15H25NO. The lowest BCUT2D eigenvalue weighted by molar-refractivity contribution is -0.131. The maximum atomic E-state index is 11.8. The first-order valence-corrected chi connectivity index (χ1v) is 6.88. The first-order chi connectivity index (χ1) is 8.29. The van der Waals surface area contributed by atoms with Gasteiger partial charge in [-0.25, -0.2) is 0 Å². The van der Waals surface area contributed by atoms with Crippen LogP contribution < -0.4 is 0 Å². The second kappa shape index (κ2) is 8.10. The number of carbonyl (C=O) groups excluding carboxylic acids is 1. The second-order valence-corrected chi connectivity index (χ2v) is 4.58. The van der Waals surface area contributed by atoms with Crippen molar-refractivity contribution < 1.29 is 4.79 Å². The Morgan fingerprint density at radius 3 is 2.29 bits per heavy atom. The van der Waals surface area contributed by atoms with Crippen LogP contribution in [0.5, 0.6) is 0 Å². The molecule has 0 aromatic carbocycles. The van der Waals surface area contributed by atoms with E-state index in [0.29, 0.717) is 11.8 Å². The highest BCUT2D eigenvalue weighted by Crippen LogP contribution is 2.30. The molecule has 0 bridgehead atoms.